The summed E-state index contributed by atoms with van der Waals surface area (Å²) in [6, 6.07) is 0. The van der Waals surface area contributed by atoms with Gasteiger partial charge in [-0.3, -0.25) is 4.98 Å². The van der Waals surface area contributed by atoms with E-state index in [1.165, 1.54) is 23.3 Å². The minimum absolute atomic E-state index is 0.558. The van der Waals surface area contributed by atoms with E-state index in [1.54, 1.807) is 29.9 Å². The quantitative estimate of drug-likeness (QED) is 0.557. The number of nitrogens with one attached hydrogen (secondary N) is 1. The van der Waals surface area contributed by atoms with E-state index >= 15 is 0 Å². The summed E-state index contributed by atoms with van der Waals surface area (Å²) in [5.74, 6) is 6.92. The number of nitrogen functional groups attached to an aromatic ring is 1. The molecule has 3 aromatic heterocycles. The number of nitrogens with zero attached hydrogens (tertiary/aromatic N) is 4. The normalized spacial score (nSPS) is 14.1. The number of aryl methyl sites for hydroxylation is 2. The number of nitrogens with two attached hydrogens (primary N) is 1. The summed E-state index contributed by atoms with van der Waals surface area (Å²) in [7, 11) is 0. The molecule has 0 spiro atoms. The van der Waals surface area contributed by atoms with Gasteiger partial charge in [0, 0.05) is 17.3 Å². The second-order valence-electron chi connectivity index (χ2n) is 5.02. The van der Waals surface area contributed by atoms with Crippen LogP contribution in [0.25, 0.3) is 21.7 Å². The molecule has 21 heavy (non-hydrogen) atoms. The number of hydrogen-bond donors (Lipinski definition) is 2. The van der Waals surface area contributed by atoms with Gasteiger partial charge in [-0.15, -0.1) is 11.3 Å². The van der Waals surface area contributed by atoms with E-state index in [0.717, 1.165) is 23.1 Å². The number of fused-ring (bicyclic) bond motifs is 3. The number of rotatable bonds is 2. The van der Waals surface area contributed by atoms with Crippen LogP contribution >= 0.6 is 11.3 Å². The fourth-order valence-electron chi connectivity index (χ4n) is 2.79. The highest BCUT2D eigenvalue weighted by molar-refractivity contribution is 7.19. The Bertz CT molecular complexity index is 798. The van der Waals surface area contributed by atoms with Crippen molar-refractivity contribution in [3.63, 3.8) is 0 Å². The lowest BCUT2D eigenvalue weighted by Gasteiger charge is -2.11. The van der Waals surface area contributed by atoms with Gasteiger partial charge in [0.25, 0.3) is 0 Å². The molecular formula is C14H14N6S. The highest BCUT2D eigenvalue weighted by Gasteiger charge is 2.21. The van der Waals surface area contributed by atoms with E-state index < -0.39 is 0 Å². The minimum atomic E-state index is 0.558. The molecule has 0 saturated carbocycles. The fourth-order valence-corrected chi connectivity index (χ4v) is 4.05. The van der Waals surface area contributed by atoms with E-state index in [1.807, 2.05) is 0 Å². The Hall–Kier alpha value is -2.12. The first-order valence-electron chi connectivity index (χ1n) is 6.92. The number of thiophene rings is 1. The van der Waals surface area contributed by atoms with Crippen molar-refractivity contribution in [2.45, 2.75) is 25.7 Å². The molecule has 3 heterocycles. The molecule has 4 rings (SSSR count). The van der Waals surface area contributed by atoms with E-state index in [-0.39, 0.29) is 0 Å². The zero-order valence-electron chi connectivity index (χ0n) is 11.3. The summed E-state index contributed by atoms with van der Waals surface area (Å²) in [5.41, 5.74) is 4.74. The molecule has 0 saturated heterocycles. The average Bonchev–Trinajstić information content (AvgIpc) is 2.93. The Morgan fingerprint density at radius 2 is 2.05 bits per heavy atom. The second kappa shape index (κ2) is 5.01. The van der Waals surface area contributed by atoms with Crippen molar-refractivity contribution in [2.75, 3.05) is 5.43 Å². The molecule has 3 aromatic rings. The van der Waals surface area contributed by atoms with Crippen LogP contribution in [0.2, 0.25) is 0 Å². The van der Waals surface area contributed by atoms with Gasteiger partial charge in [-0.1, -0.05) is 0 Å². The van der Waals surface area contributed by atoms with Gasteiger partial charge >= 0.3 is 0 Å². The molecule has 0 aromatic carbocycles. The van der Waals surface area contributed by atoms with Gasteiger partial charge in [0.1, 0.15) is 10.5 Å². The van der Waals surface area contributed by atoms with Crippen LogP contribution in [0.4, 0.5) is 5.82 Å². The van der Waals surface area contributed by atoms with Gasteiger partial charge in [0.05, 0.1) is 11.6 Å². The highest BCUT2D eigenvalue weighted by Crippen LogP contribution is 2.39. The lowest BCUT2D eigenvalue weighted by molar-refractivity contribution is 0.700. The lowest BCUT2D eigenvalue weighted by atomic mass is 9.97. The summed E-state index contributed by atoms with van der Waals surface area (Å²) in [6.45, 7) is 0. The van der Waals surface area contributed by atoms with Crippen LogP contribution < -0.4 is 11.3 Å². The van der Waals surface area contributed by atoms with Crippen molar-refractivity contribution < 1.29 is 0 Å². The maximum absolute atomic E-state index is 5.68. The van der Waals surface area contributed by atoms with Gasteiger partial charge in [-0.05, 0) is 31.2 Å². The second-order valence-corrected chi connectivity index (χ2v) is 6.11. The first kappa shape index (κ1) is 12.6. The van der Waals surface area contributed by atoms with Crippen LogP contribution in [0.1, 0.15) is 23.3 Å². The standard InChI is InChI=1S/C14H14N6S/c15-20-13-11-8-3-1-2-4-10(8)21-14(11)19-12(18-13)9-7-16-5-6-17-9/h5-7H,1-4,15H2,(H,18,19,20). The van der Waals surface area contributed by atoms with Crippen molar-refractivity contribution in [1.29, 1.82) is 0 Å². The maximum Gasteiger partial charge on any atom is 0.183 e. The summed E-state index contributed by atoms with van der Waals surface area (Å²) in [4.78, 5) is 19.9. The topological polar surface area (TPSA) is 89.6 Å². The molecule has 0 aliphatic heterocycles. The zero-order valence-corrected chi connectivity index (χ0v) is 12.2. The number of aromatic nitrogens is 4. The molecule has 106 valence electrons. The molecular weight excluding hydrogens is 284 g/mol. The minimum Gasteiger partial charge on any atom is -0.308 e. The van der Waals surface area contributed by atoms with Crippen LogP contribution in [0.3, 0.4) is 0 Å². The number of anilines is 1. The van der Waals surface area contributed by atoms with Gasteiger partial charge in [0.15, 0.2) is 11.6 Å². The van der Waals surface area contributed by atoms with Gasteiger partial charge in [-0.25, -0.2) is 20.8 Å². The third-order valence-electron chi connectivity index (χ3n) is 3.74. The van der Waals surface area contributed by atoms with E-state index in [9.17, 15) is 0 Å². The summed E-state index contributed by atoms with van der Waals surface area (Å²) in [5, 5.41) is 1.07. The predicted octanol–water partition coefficient (Wildman–Crippen LogP) is 2.31. The van der Waals surface area contributed by atoms with Gasteiger partial charge in [-0.2, -0.15) is 0 Å². The molecule has 6 nitrogen and oxygen atoms in total. The van der Waals surface area contributed by atoms with Crippen LogP contribution in [0, 0.1) is 0 Å². The Labute approximate surface area is 125 Å². The van der Waals surface area contributed by atoms with Crippen LogP contribution in [0.15, 0.2) is 18.6 Å². The van der Waals surface area contributed by atoms with Crippen LogP contribution in [0.5, 0.6) is 0 Å². The van der Waals surface area contributed by atoms with Crippen molar-refractivity contribution in [3.05, 3.63) is 29.0 Å². The molecule has 0 radical (unpaired) electrons. The largest absolute Gasteiger partial charge is 0.308 e. The number of hydrazine groups is 1. The Balaban J connectivity index is 1.96. The molecule has 3 N–H and O–H groups in total. The van der Waals surface area contributed by atoms with Gasteiger partial charge in [0.2, 0.25) is 0 Å². The lowest BCUT2D eigenvalue weighted by Crippen LogP contribution is -2.11. The van der Waals surface area contributed by atoms with E-state index in [2.05, 4.69) is 25.4 Å². The summed E-state index contributed by atoms with van der Waals surface area (Å²) >= 11 is 1.74. The van der Waals surface area contributed by atoms with Crippen molar-refractivity contribution in [2.24, 2.45) is 5.84 Å². The first-order valence-corrected chi connectivity index (χ1v) is 7.74. The van der Waals surface area contributed by atoms with Crippen LogP contribution in [-0.4, -0.2) is 19.9 Å². The zero-order chi connectivity index (χ0) is 14.2. The molecule has 7 heteroatoms. The van der Waals surface area contributed by atoms with Crippen molar-refractivity contribution in [1.82, 2.24) is 19.9 Å². The molecule has 0 amide bonds. The number of hydrogen-bond acceptors (Lipinski definition) is 7. The van der Waals surface area contributed by atoms with Crippen molar-refractivity contribution in [3.8, 4) is 11.5 Å². The molecule has 1 aliphatic rings. The third kappa shape index (κ3) is 2.05. The maximum atomic E-state index is 5.68. The van der Waals surface area contributed by atoms with E-state index in [0.29, 0.717) is 17.3 Å². The molecule has 0 unspecified atom stereocenters. The summed E-state index contributed by atoms with van der Waals surface area (Å²) in [6.07, 6.45) is 9.60. The first-order chi connectivity index (χ1) is 10.4. The third-order valence-corrected chi connectivity index (χ3v) is 4.93. The smallest absolute Gasteiger partial charge is 0.183 e. The molecule has 0 atom stereocenters. The Morgan fingerprint density at radius 1 is 1.14 bits per heavy atom. The summed E-state index contributed by atoms with van der Waals surface area (Å²) < 4.78 is 0. The van der Waals surface area contributed by atoms with Gasteiger partial charge < -0.3 is 5.43 Å². The SMILES string of the molecule is NNc1nc(-c2cnccn2)nc2sc3c(c12)CCCC3. The van der Waals surface area contributed by atoms with E-state index in [4.69, 9.17) is 5.84 Å². The monoisotopic (exact) mass is 298 g/mol. The Kier molecular flexibility index (Phi) is 3.01. The molecule has 1 aliphatic carbocycles. The molecule has 0 fully saturated rings. The highest BCUT2D eigenvalue weighted by atomic mass is 32.1. The predicted molar refractivity (Wildman–Crippen MR) is 82.9 cm³/mol. The fraction of sp³-hybridized carbons (Fsp3) is 0.286. The Morgan fingerprint density at radius 3 is 2.86 bits per heavy atom. The molecule has 0 bridgehead atoms. The van der Waals surface area contributed by atoms with Crippen LogP contribution in [-0.2, 0) is 12.8 Å². The average molecular weight is 298 g/mol. The van der Waals surface area contributed by atoms with Crippen molar-refractivity contribution >= 4 is 27.4 Å².